The standard InChI is InChI=1S/C16H28O7/c1-20-15-7-13-6-14(21-15)9-16(23-13)8-11(19)5-12(22-16)4-10(18)2-3-17/h10-15,17-19H,2-9H2,1H3/t10-,11-,12+,13-,14-,15-,16+/m1/s1. The van der Waals surface area contributed by atoms with Crippen LogP contribution in [0.4, 0.5) is 0 Å². The number of hydrogen-bond donors (Lipinski definition) is 3. The van der Waals surface area contributed by atoms with Gasteiger partial charge in [-0.05, 0) is 19.3 Å². The van der Waals surface area contributed by atoms with Gasteiger partial charge in [0.15, 0.2) is 12.1 Å². The second-order valence-corrected chi connectivity index (χ2v) is 6.98. The van der Waals surface area contributed by atoms with E-state index in [0.29, 0.717) is 38.5 Å². The van der Waals surface area contributed by atoms with Gasteiger partial charge < -0.3 is 34.3 Å². The zero-order chi connectivity index (χ0) is 16.4. The van der Waals surface area contributed by atoms with Crippen molar-refractivity contribution in [3.63, 3.8) is 0 Å². The Kier molecular flexibility index (Phi) is 5.57. The van der Waals surface area contributed by atoms with E-state index in [1.165, 1.54) is 0 Å². The Hall–Kier alpha value is -0.280. The minimum Gasteiger partial charge on any atom is -0.396 e. The maximum atomic E-state index is 10.2. The lowest BCUT2D eigenvalue weighted by Gasteiger charge is -2.52. The first kappa shape index (κ1) is 17.5. The van der Waals surface area contributed by atoms with E-state index in [4.69, 9.17) is 24.1 Å². The lowest BCUT2D eigenvalue weighted by atomic mass is 9.86. The maximum Gasteiger partial charge on any atom is 0.173 e. The number of methoxy groups -OCH3 is 1. The van der Waals surface area contributed by atoms with Crippen molar-refractivity contribution >= 4 is 0 Å². The van der Waals surface area contributed by atoms with Crippen molar-refractivity contribution in [2.75, 3.05) is 13.7 Å². The van der Waals surface area contributed by atoms with Crippen LogP contribution in [-0.2, 0) is 18.9 Å². The van der Waals surface area contributed by atoms with Crippen LogP contribution in [0.1, 0.15) is 44.9 Å². The molecule has 7 heteroatoms. The van der Waals surface area contributed by atoms with Crippen molar-refractivity contribution in [2.24, 2.45) is 0 Å². The smallest absolute Gasteiger partial charge is 0.173 e. The molecular formula is C16H28O7. The number of hydrogen-bond acceptors (Lipinski definition) is 7. The molecule has 3 rings (SSSR count). The van der Waals surface area contributed by atoms with E-state index >= 15 is 0 Å². The molecule has 0 unspecified atom stereocenters. The van der Waals surface area contributed by atoms with Crippen LogP contribution in [0.25, 0.3) is 0 Å². The highest BCUT2D eigenvalue weighted by atomic mass is 16.7. The van der Waals surface area contributed by atoms with Gasteiger partial charge in [0.25, 0.3) is 0 Å². The molecule has 7 nitrogen and oxygen atoms in total. The molecule has 23 heavy (non-hydrogen) atoms. The number of aliphatic hydroxyl groups is 3. The van der Waals surface area contributed by atoms with Crippen LogP contribution in [0.2, 0.25) is 0 Å². The van der Waals surface area contributed by atoms with E-state index in [-0.39, 0.29) is 31.2 Å². The lowest BCUT2D eigenvalue weighted by Crippen LogP contribution is -2.58. The average molecular weight is 332 g/mol. The van der Waals surface area contributed by atoms with Crippen LogP contribution in [0.15, 0.2) is 0 Å². The Labute approximate surface area is 136 Å². The summed E-state index contributed by atoms with van der Waals surface area (Å²) in [6.45, 7) is -0.0610. The summed E-state index contributed by atoms with van der Waals surface area (Å²) >= 11 is 0. The fourth-order valence-corrected chi connectivity index (χ4v) is 4.08. The second-order valence-electron chi connectivity index (χ2n) is 6.98. The predicted octanol–water partition coefficient (Wildman–Crippen LogP) is 0.296. The van der Waals surface area contributed by atoms with Crippen molar-refractivity contribution < 1.29 is 34.3 Å². The van der Waals surface area contributed by atoms with Gasteiger partial charge in [0, 0.05) is 39.4 Å². The van der Waals surface area contributed by atoms with Gasteiger partial charge in [-0.25, -0.2) is 0 Å². The summed E-state index contributed by atoms with van der Waals surface area (Å²) in [6.07, 6.45) is 1.96. The molecule has 0 aromatic carbocycles. The normalized spacial score (nSPS) is 45.1. The molecule has 1 spiro atoms. The van der Waals surface area contributed by atoms with Gasteiger partial charge in [-0.1, -0.05) is 0 Å². The summed E-state index contributed by atoms with van der Waals surface area (Å²) in [7, 11) is 1.63. The Morgan fingerprint density at radius 3 is 2.70 bits per heavy atom. The molecule has 0 aromatic heterocycles. The molecule has 3 saturated heterocycles. The average Bonchev–Trinajstić information content (AvgIpc) is 2.45. The van der Waals surface area contributed by atoms with Gasteiger partial charge in [0.1, 0.15) is 0 Å². The Morgan fingerprint density at radius 1 is 1.17 bits per heavy atom. The van der Waals surface area contributed by atoms with Crippen LogP contribution in [0.5, 0.6) is 0 Å². The summed E-state index contributed by atoms with van der Waals surface area (Å²) in [6, 6.07) is 0. The minimum atomic E-state index is -0.840. The first-order valence-corrected chi connectivity index (χ1v) is 8.53. The van der Waals surface area contributed by atoms with Crippen molar-refractivity contribution in [3.05, 3.63) is 0 Å². The Balaban J connectivity index is 1.64. The summed E-state index contributed by atoms with van der Waals surface area (Å²) in [5, 5.41) is 29.1. The largest absolute Gasteiger partial charge is 0.396 e. The van der Waals surface area contributed by atoms with Gasteiger partial charge >= 0.3 is 0 Å². The third kappa shape index (κ3) is 4.22. The molecule has 0 radical (unpaired) electrons. The number of aliphatic hydroxyl groups excluding tert-OH is 3. The first-order chi connectivity index (χ1) is 11.0. The summed E-state index contributed by atoms with van der Waals surface area (Å²) in [4.78, 5) is 0. The molecule has 3 aliphatic heterocycles. The summed E-state index contributed by atoms with van der Waals surface area (Å²) in [5.41, 5.74) is 0. The van der Waals surface area contributed by atoms with E-state index in [9.17, 15) is 10.2 Å². The first-order valence-electron chi connectivity index (χ1n) is 8.53. The predicted molar refractivity (Wildman–Crippen MR) is 79.6 cm³/mol. The van der Waals surface area contributed by atoms with Gasteiger partial charge in [-0.3, -0.25) is 0 Å². The minimum absolute atomic E-state index is 0.000709. The SMILES string of the molecule is CO[C@H]1C[C@H]2C[C@H](C[C@]3(C[C@H](O)C[C@H](C[C@H](O)CCO)O3)O2)O1. The molecule has 3 fully saturated rings. The molecule has 2 bridgehead atoms. The van der Waals surface area contributed by atoms with E-state index in [1.54, 1.807) is 7.11 Å². The van der Waals surface area contributed by atoms with Gasteiger partial charge in [-0.15, -0.1) is 0 Å². The van der Waals surface area contributed by atoms with Gasteiger partial charge in [0.05, 0.1) is 30.5 Å². The fraction of sp³-hybridized carbons (Fsp3) is 1.00. The highest BCUT2D eigenvalue weighted by molar-refractivity contribution is 4.93. The second kappa shape index (κ2) is 7.31. The molecule has 0 aromatic rings. The molecule has 3 heterocycles. The summed E-state index contributed by atoms with van der Waals surface area (Å²) < 4.78 is 23.5. The topological polar surface area (TPSA) is 97.6 Å². The monoisotopic (exact) mass is 332 g/mol. The van der Waals surface area contributed by atoms with Crippen molar-refractivity contribution in [3.8, 4) is 0 Å². The zero-order valence-corrected chi connectivity index (χ0v) is 13.6. The number of ether oxygens (including phenoxy) is 4. The van der Waals surface area contributed by atoms with Crippen LogP contribution in [0.3, 0.4) is 0 Å². The Morgan fingerprint density at radius 2 is 2.00 bits per heavy atom. The van der Waals surface area contributed by atoms with Crippen LogP contribution in [0, 0.1) is 0 Å². The van der Waals surface area contributed by atoms with Crippen LogP contribution in [-0.4, -0.2) is 71.6 Å². The van der Waals surface area contributed by atoms with E-state index < -0.39 is 18.0 Å². The molecule has 0 saturated carbocycles. The molecule has 7 atom stereocenters. The number of fused-ring (bicyclic) bond motifs is 2. The Bertz CT molecular complexity index is 377. The molecule has 134 valence electrons. The van der Waals surface area contributed by atoms with Crippen LogP contribution < -0.4 is 0 Å². The molecule has 0 amide bonds. The number of rotatable bonds is 5. The molecular weight excluding hydrogens is 304 g/mol. The highest BCUT2D eigenvalue weighted by Crippen LogP contribution is 2.44. The quantitative estimate of drug-likeness (QED) is 0.666. The molecule has 3 N–H and O–H groups in total. The summed E-state index contributed by atoms with van der Waals surface area (Å²) in [5.74, 6) is -0.840. The van der Waals surface area contributed by atoms with Crippen molar-refractivity contribution in [1.29, 1.82) is 0 Å². The van der Waals surface area contributed by atoms with Crippen molar-refractivity contribution in [1.82, 2.24) is 0 Å². The zero-order valence-electron chi connectivity index (χ0n) is 13.6. The third-order valence-electron chi connectivity index (χ3n) is 4.97. The van der Waals surface area contributed by atoms with Crippen molar-refractivity contribution in [2.45, 2.75) is 87.5 Å². The third-order valence-corrected chi connectivity index (χ3v) is 4.97. The molecule has 0 aliphatic carbocycles. The van der Waals surface area contributed by atoms with E-state index in [1.807, 2.05) is 0 Å². The van der Waals surface area contributed by atoms with Gasteiger partial charge in [-0.2, -0.15) is 0 Å². The van der Waals surface area contributed by atoms with Crippen LogP contribution >= 0.6 is 0 Å². The maximum absolute atomic E-state index is 10.2. The van der Waals surface area contributed by atoms with E-state index in [2.05, 4.69) is 0 Å². The lowest BCUT2D eigenvalue weighted by molar-refractivity contribution is -0.370. The van der Waals surface area contributed by atoms with E-state index in [0.717, 1.165) is 6.42 Å². The van der Waals surface area contributed by atoms with Gasteiger partial charge in [0.2, 0.25) is 0 Å². The molecule has 3 aliphatic rings. The fourth-order valence-electron chi connectivity index (χ4n) is 4.08. The highest BCUT2D eigenvalue weighted by Gasteiger charge is 2.51.